The van der Waals surface area contributed by atoms with E-state index in [1.54, 1.807) is 0 Å². The zero-order valence-electron chi connectivity index (χ0n) is 7.55. The van der Waals surface area contributed by atoms with Crippen molar-refractivity contribution >= 4 is 50.9 Å². The number of hydrogen-bond acceptors (Lipinski definition) is 0. The summed E-state index contributed by atoms with van der Waals surface area (Å²) in [5.41, 5.74) is 0. The Morgan fingerprint density at radius 2 is 1.46 bits per heavy atom. The molecule has 0 aliphatic heterocycles. The molecular weight excluding hydrogens is 244 g/mol. The Hall–Kier alpha value is 0.585. The van der Waals surface area contributed by atoms with Crippen LogP contribution in [0.25, 0.3) is 0 Å². The summed E-state index contributed by atoms with van der Waals surface area (Å²) in [5, 5.41) is 1.16. The molecule has 0 aliphatic carbocycles. The maximum absolute atomic E-state index is 6.00. The van der Waals surface area contributed by atoms with Crippen molar-refractivity contribution in [3.8, 4) is 0 Å². The number of rotatable bonds is 2. The van der Waals surface area contributed by atoms with Crippen molar-refractivity contribution in [2.75, 3.05) is 13.3 Å². The normalized spacial score (nSPS) is 13.0. The average Bonchev–Trinajstić information content (AvgIpc) is 2.04. The molecule has 72 valence electrons. The SMILES string of the molecule is C[P+](C)(c1ccccc1)[B-](Cl)(Cl)Cl. The first-order valence-electron chi connectivity index (χ1n) is 3.94. The fraction of sp³-hybridized carbons (Fsp3) is 0.250. The monoisotopic (exact) mass is 254 g/mol. The standard InChI is InChI=1S/C8H11BCl3P/c1-13(2,9(10,11)12)8-6-4-3-5-7-8/h3-7H,1-2H3. The van der Waals surface area contributed by atoms with Crippen molar-refractivity contribution in [1.82, 2.24) is 0 Å². The fourth-order valence-electron chi connectivity index (χ4n) is 0.981. The zero-order valence-corrected chi connectivity index (χ0v) is 10.7. The van der Waals surface area contributed by atoms with Gasteiger partial charge >= 0.3 is 4.11 Å². The summed E-state index contributed by atoms with van der Waals surface area (Å²) < 4.78 is -1.81. The molecule has 0 radical (unpaired) electrons. The van der Waals surface area contributed by atoms with Crippen LogP contribution in [-0.4, -0.2) is 17.4 Å². The topological polar surface area (TPSA) is 0 Å². The zero-order chi connectivity index (χ0) is 10.1. The number of benzene rings is 1. The van der Waals surface area contributed by atoms with Gasteiger partial charge in [-0.1, -0.05) is 25.3 Å². The predicted octanol–water partition coefficient (Wildman–Crippen LogP) is 3.74. The molecule has 0 bridgehead atoms. The van der Waals surface area contributed by atoms with Gasteiger partial charge in [-0.3, -0.25) is 0 Å². The van der Waals surface area contributed by atoms with Crippen molar-refractivity contribution in [2.24, 2.45) is 0 Å². The first kappa shape index (κ1) is 11.7. The lowest BCUT2D eigenvalue weighted by Crippen LogP contribution is -2.25. The summed E-state index contributed by atoms with van der Waals surface area (Å²) in [6.07, 6.45) is 0. The highest BCUT2D eigenvalue weighted by atomic mass is 35.6. The van der Waals surface area contributed by atoms with Gasteiger partial charge in [0.2, 0.25) is 0 Å². The van der Waals surface area contributed by atoms with Crippen molar-refractivity contribution in [3.63, 3.8) is 0 Å². The van der Waals surface area contributed by atoms with Gasteiger partial charge in [-0.25, -0.2) is 0 Å². The molecule has 0 atom stereocenters. The maximum Gasteiger partial charge on any atom is 0.414 e. The minimum Gasteiger partial charge on any atom is -0.301 e. The minimum absolute atomic E-state index is 1.16. The van der Waals surface area contributed by atoms with E-state index < -0.39 is 11.3 Å². The lowest BCUT2D eigenvalue weighted by molar-refractivity contribution is 1.76. The van der Waals surface area contributed by atoms with Crippen LogP contribution in [0.5, 0.6) is 0 Å². The van der Waals surface area contributed by atoms with Gasteiger partial charge in [-0.05, 0) is 12.1 Å². The van der Waals surface area contributed by atoms with Crippen molar-refractivity contribution in [2.45, 2.75) is 0 Å². The lowest BCUT2D eigenvalue weighted by atomic mass is 10.4. The average molecular weight is 255 g/mol. The van der Waals surface area contributed by atoms with Crippen molar-refractivity contribution in [3.05, 3.63) is 30.3 Å². The van der Waals surface area contributed by atoms with E-state index in [1.165, 1.54) is 0 Å². The van der Waals surface area contributed by atoms with Gasteiger partial charge in [0.25, 0.3) is 0 Å². The second kappa shape index (κ2) is 3.99. The highest BCUT2D eigenvalue weighted by Gasteiger charge is 2.43. The van der Waals surface area contributed by atoms with Crippen molar-refractivity contribution in [1.29, 1.82) is 0 Å². The van der Waals surface area contributed by atoms with Gasteiger partial charge in [0.15, 0.2) is 0 Å². The second-order valence-corrected chi connectivity index (χ2v) is 11.3. The molecule has 0 amide bonds. The molecule has 0 saturated carbocycles. The van der Waals surface area contributed by atoms with Crippen LogP contribution in [0.1, 0.15) is 0 Å². The van der Waals surface area contributed by atoms with E-state index in [2.05, 4.69) is 13.3 Å². The smallest absolute Gasteiger partial charge is 0.301 e. The van der Waals surface area contributed by atoms with Crippen LogP contribution < -0.4 is 5.30 Å². The van der Waals surface area contributed by atoms with Crippen LogP contribution in [0.3, 0.4) is 0 Å². The summed E-state index contributed by atoms with van der Waals surface area (Å²) >= 11 is 18.0. The van der Waals surface area contributed by atoms with Crippen LogP contribution in [0.15, 0.2) is 30.3 Å². The lowest BCUT2D eigenvalue weighted by Gasteiger charge is -2.32. The van der Waals surface area contributed by atoms with Crippen LogP contribution in [-0.2, 0) is 0 Å². The molecule has 1 aromatic rings. The Morgan fingerprint density at radius 3 is 1.85 bits per heavy atom. The molecule has 0 fully saturated rings. The molecule has 0 saturated heterocycles. The molecule has 0 N–H and O–H groups in total. The third kappa shape index (κ3) is 2.53. The third-order valence-corrected chi connectivity index (χ3v) is 9.64. The van der Waals surface area contributed by atoms with Gasteiger partial charge in [0.05, 0.1) is 5.30 Å². The maximum atomic E-state index is 6.00. The Morgan fingerprint density at radius 1 is 1.00 bits per heavy atom. The molecule has 1 aromatic carbocycles. The Labute approximate surface area is 94.5 Å². The number of halogens is 3. The molecule has 0 aromatic heterocycles. The van der Waals surface area contributed by atoms with E-state index >= 15 is 0 Å². The predicted molar refractivity (Wildman–Crippen MR) is 68.2 cm³/mol. The molecular formula is C8H11BCl3P. The van der Waals surface area contributed by atoms with Crippen LogP contribution in [0.4, 0.5) is 0 Å². The Kier molecular flexibility index (Phi) is 3.57. The number of hydrogen-bond donors (Lipinski definition) is 0. The molecule has 5 heteroatoms. The van der Waals surface area contributed by atoms with Gasteiger partial charge in [-0.15, -0.1) is 0 Å². The Bertz CT molecular complexity index is 281. The van der Waals surface area contributed by atoms with Crippen molar-refractivity contribution < 1.29 is 0 Å². The van der Waals surface area contributed by atoms with Gasteiger partial charge in [0, 0.05) is 13.3 Å². The third-order valence-electron chi connectivity index (χ3n) is 2.15. The first-order valence-corrected chi connectivity index (χ1v) is 8.00. The van der Waals surface area contributed by atoms with E-state index in [1.807, 2.05) is 30.3 Å². The molecule has 1 rings (SSSR count). The molecule has 0 spiro atoms. The van der Waals surface area contributed by atoms with Crippen LogP contribution in [0, 0.1) is 0 Å². The molecule has 0 aliphatic rings. The van der Waals surface area contributed by atoms with Gasteiger partial charge in [0.1, 0.15) is 0 Å². The summed E-state index contributed by atoms with van der Waals surface area (Å²) in [5.74, 6) is 0. The summed E-state index contributed by atoms with van der Waals surface area (Å²) in [6.45, 7) is 4.10. The van der Waals surface area contributed by atoms with Crippen LogP contribution in [0.2, 0.25) is 0 Å². The molecule has 13 heavy (non-hydrogen) atoms. The highest BCUT2D eigenvalue weighted by molar-refractivity contribution is 8.30. The quantitative estimate of drug-likeness (QED) is 0.558. The van der Waals surface area contributed by atoms with Gasteiger partial charge < -0.3 is 34.4 Å². The second-order valence-electron chi connectivity index (χ2n) is 3.42. The summed E-state index contributed by atoms with van der Waals surface area (Å²) in [4.78, 5) is 0. The summed E-state index contributed by atoms with van der Waals surface area (Å²) in [7, 11) is -1.62. The highest BCUT2D eigenvalue weighted by Crippen LogP contribution is 2.64. The van der Waals surface area contributed by atoms with E-state index in [9.17, 15) is 0 Å². The van der Waals surface area contributed by atoms with Crippen LogP contribution >= 0.6 is 41.5 Å². The van der Waals surface area contributed by atoms with E-state index in [4.69, 9.17) is 34.4 Å². The molecule has 0 heterocycles. The van der Waals surface area contributed by atoms with E-state index in [-0.39, 0.29) is 0 Å². The minimum atomic E-state index is -1.81. The molecule has 0 unspecified atom stereocenters. The fourth-order valence-corrected chi connectivity index (χ4v) is 3.27. The largest absolute Gasteiger partial charge is 0.414 e. The first-order chi connectivity index (χ1) is 5.86. The van der Waals surface area contributed by atoms with E-state index in [0.29, 0.717) is 0 Å². The summed E-state index contributed by atoms with van der Waals surface area (Å²) in [6, 6.07) is 9.97. The Balaban J connectivity index is 3.08. The molecule has 0 nitrogen and oxygen atoms in total. The van der Waals surface area contributed by atoms with E-state index in [0.717, 1.165) is 5.30 Å². The van der Waals surface area contributed by atoms with Gasteiger partial charge in [-0.2, -0.15) is 0 Å².